The number of nitrogens with zero attached hydrogens (tertiary/aromatic N) is 1. The van der Waals surface area contributed by atoms with Gasteiger partial charge in [0.05, 0.1) is 17.6 Å². The highest BCUT2D eigenvalue weighted by Crippen LogP contribution is 2.12. The van der Waals surface area contributed by atoms with Gasteiger partial charge in [-0.05, 0) is 25.3 Å². The van der Waals surface area contributed by atoms with Crippen molar-refractivity contribution in [3.63, 3.8) is 0 Å². The number of benzene rings is 1. The molecule has 1 amide bonds. The number of hydrogen-bond acceptors (Lipinski definition) is 4. The number of aliphatic hydroxyl groups excluding tert-OH is 1. The van der Waals surface area contributed by atoms with Crippen molar-refractivity contribution in [1.29, 1.82) is 0 Å². The van der Waals surface area contributed by atoms with Crippen LogP contribution in [0.15, 0.2) is 24.3 Å². The van der Waals surface area contributed by atoms with E-state index >= 15 is 0 Å². The molecule has 1 heterocycles. The SMILES string of the molecule is CS[C@@H](CO)[C@@H](C)NC(=O)c1nc2ccccc2[nH]1. The van der Waals surface area contributed by atoms with E-state index < -0.39 is 0 Å². The van der Waals surface area contributed by atoms with Gasteiger partial charge in [-0.15, -0.1) is 0 Å². The summed E-state index contributed by atoms with van der Waals surface area (Å²) in [5, 5.41) is 12.0. The number of amides is 1. The monoisotopic (exact) mass is 279 g/mol. The summed E-state index contributed by atoms with van der Waals surface area (Å²) in [4.78, 5) is 19.3. The lowest BCUT2D eigenvalue weighted by Gasteiger charge is -2.20. The van der Waals surface area contributed by atoms with Crippen molar-refractivity contribution in [1.82, 2.24) is 15.3 Å². The molecule has 0 unspecified atom stereocenters. The minimum atomic E-state index is -0.254. The number of imidazole rings is 1. The van der Waals surface area contributed by atoms with E-state index in [1.54, 1.807) is 0 Å². The molecule has 3 N–H and O–H groups in total. The first-order chi connectivity index (χ1) is 9.15. The molecule has 1 aromatic heterocycles. The third kappa shape index (κ3) is 3.08. The summed E-state index contributed by atoms with van der Waals surface area (Å²) in [5.41, 5.74) is 1.60. The molecule has 0 bridgehead atoms. The maximum atomic E-state index is 12.1. The van der Waals surface area contributed by atoms with Crippen LogP contribution in [0.2, 0.25) is 0 Å². The predicted octanol–water partition coefficient (Wildman–Crippen LogP) is 1.41. The van der Waals surface area contributed by atoms with Gasteiger partial charge in [0.15, 0.2) is 5.82 Å². The van der Waals surface area contributed by atoms with Crippen LogP contribution in [0.5, 0.6) is 0 Å². The van der Waals surface area contributed by atoms with Crippen LogP contribution in [0.4, 0.5) is 0 Å². The number of aliphatic hydroxyl groups is 1. The van der Waals surface area contributed by atoms with Gasteiger partial charge >= 0.3 is 0 Å². The summed E-state index contributed by atoms with van der Waals surface area (Å²) in [6.45, 7) is 1.90. The number of carbonyl (C=O) groups excluding carboxylic acids is 1. The Morgan fingerprint density at radius 1 is 1.53 bits per heavy atom. The fourth-order valence-electron chi connectivity index (χ4n) is 1.87. The second-order valence-electron chi connectivity index (χ2n) is 4.32. The molecule has 0 radical (unpaired) electrons. The van der Waals surface area contributed by atoms with Crippen LogP contribution in [-0.4, -0.2) is 45.1 Å². The maximum Gasteiger partial charge on any atom is 0.287 e. The smallest absolute Gasteiger partial charge is 0.287 e. The first kappa shape index (κ1) is 13.9. The molecule has 19 heavy (non-hydrogen) atoms. The normalized spacial score (nSPS) is 14.3. The number of thioether (sulfide) groups is 1. The molecule has 0 aliphatic rings. The Labute approximate surface area is 115 Å². The zero-order valence-electron chi connectivity index (χ0n) is 10.9. The van der Waals surface area contributed by atoms with E-state index in [1.165, 1.54) is 11.8 Å². The number of para-hydroxylation sites is 2. The molecule has 102 valence electrons. The Hall–Kier alpha value is -1.53. The van der Waals surface area contributed by atoms with E-state index in [0.29, 0.717) is 5.82 Å². The number of aromatic amines is 1. The van der Waals surface area contributed by atoms with Crippen LogP contribution in [0, 0.1) is 0 Å². The number of H-pyrrole nitrogens is 1. The van der Waals surface area contributed by atoms with Gasteiger partial charge in [-0.3, -0.25) is 4.79 Å². The van der Waals surface area contributed by atoms with Crippen molar-refractivity contribution < 1.29 is 9.90 Å². The second-order valence-corrected chi connectivity index (χ2v) is 5.40. The molecule has 2 atom stereocenters. The van der Waals surface area contributed by atoms with Gasteiger partial charge in [0.1, 0.15) is 0 Å². The molecule has 1 aromatic carbocycles. The third-order valence-corrected chi connectivity index (χ3v) is 4.17. The Kier molecular flexibility index (Phi) is 4.44. The van der Waals surface area contributed by atoms with Crippen molar-refractivity contribution in [2.75, 3.05) is 12.9 Å². The fourth-order valence-corrected chi connectivity index (χ4v) is 2.49. The average molecular weight is 279 g/mol. The fraction of sp³-hybridized carbons (Fsp3) is 0.385. The van der Waals surface area contributed by atoms with Gasteiger partial charge < -0.3 is 15.4 Å². The molecule has 2 aromatic rings. The van der Waals surface area contributed by atoms with Crippen molar-refractivity contribution in [3.05, 3.63) is 30.1 Å². The minimum Gasteiger partial charge on any atom is -0.395 e. The van der Waals surface area contributed by atoms with E-state index in [9.17, 15) is 9.90 Å². The summed E-state index contributed by atoms with van der Waals surface area (Å²) in [7, 11) is 0. The Morgan fingerprint density at radius 2 is 2.26 bits per heavy atom. The molecule has 0 fully saturated rings. The molecule has 0 saturated carbocycles. The molecule has 0 saturated heterocycles. The van der Waals surface area contributed by atoms with E-state index in [4.69, 9.17) is 0 Å². The summed E-state index contributed by atoms with van der Waals surface area (Å²) >= 11 is 1.52. The summed E-state index contributed by atoms with van der Waals surface area (Å²) in [6.07, 6.45) is 1.91. The van der Waals surface area contributed by atoms with Crippen LogP contribution in [0.1, 0.15) is 17.5 Å². The van der Waals surface area contributed by atoms with Crippen LogP contribution in [-0.2, 0) is 0 Å². The predicted molar refractivity (Wildman–Crippen MR) is 77.4 cm³/mol. The average Bonchev–Trinajstić information content (AvgIpc) is 2.84. The number of carbonyl (C=O) groups is 1. The largest absolute Gasteiger partial charge is 0.395 e. The summed E-state index contributed by atoms with van der Waals surface area (Å²) in [5.74, 6) is 0.0436. The summed E-state index contributed by atoms with van der Waals surface area (Å²) in [6, 6.07) is 7.37. The Morgan fingerprint density at radius 3 is 2.89 bits per heavy atom. The second kappa shape index (κ2) is 6.08. The first-order valence-electron chi connectivity index (χ1n) is 6.05. The van der Waals surface area contributed by atoms with Crippen molar-refractivity contribution in [2.24, 2.45) is 0 Å². The molecule has 6 heteroatoms. The Balaban J connectivity index is 2.11. The van der Waals surface area contributed by atoms with E-state index in [0.717, 1.165) is 11.0 Å². The third-order valence-electron chi connectivity index (χ3n) is 3.00. The lowest BCUT2D eigenvalue weighted by atomic mass is 10.2. The van der Waals surface area contributed by atoms with Gasteiger partial charge in [0.2, 0.25) is 0 Å². The Bertz CT molecular complexity index is 533. The lowest BCUT2D eigenvalue weighted by molar-refractivity contribution is 0.0926. The van der Waals surface area contributed by atoms with Gasteiger partial charge in [-0.2, -0.15) is 11.8 Å². The van der Waals surface area contributed by atoms with E-state index in [1.807, 2.05) is 37.4 Å². The van der Waals surface area contributed by atoms with Crippen molar-refractivity contribution in [2.45, 2.75) is 18.2 Å². The summed E-state index contributed by atoms with van der Waals surface area (Å²) < 4.78 is 0. The van der Waals surface area contributed by atoms with Gasteiger partial charge in [-0.1, -0.05) is 12.1 Å². The lowest BCUT2D eigenvalue weighted by Crippen LogP contribution is -2.41. The highest BCUT2D eigenvalue weighted by molar-refractivity contribution is 7.99. The van der Waals surface area contributed by atoms with Crippen molar-refractivity contribution >= 4 is 28.7 Å². The maximum absolute atomic E-state index is 12.1. The number of rotatable bonds is 5. The van der Waals surface area contributed by atoms with Crippen LogP contribution >= 0.6 is 11.8 Å². The van der Waals surface area contributed by atoms with E-state index in [2.05, 4.69) is 15.3 Å². The number of nitrogens with one attached hydrogen (secondary N) is 2. The molecule has 0 aliphatic heterocycles. The zero-order chi connectivity index (χ0) is 13.8. The van der Waals surface area contributed by atoms with Gasteiger partial charge in [0, 0.05) is 11.3 Å². The first-order valence-corrected chi connectivity index (χ1v) is 7.33. The van der Waals surface area contributed by atoms with Gasteiger partial charge in [0.25, 0.3) is 5.91 Å². The molecule has 2 rings (SSSR count). The van der Waals surface area contributed by atoms with Crippen LogP contribution in [0.25, 0.3) is 11.0 Å². The van der Waals surface area contributed by atoms with Crippen LogP contribution < -0.4 is 5.32 Å². The molecular formula is C13H17N3O2S. The molecular weight excluding hydrogens is 262 g/mol. The number of hydrogen-bond donors (Lipinski definition) is 3. The standard InChI is InChI=1S/C13H17N3O2S/c1-8(11(7-17)19-2)14-13(18)12-15-9-5-3-4-6-10(9)16-12/h3-6,8,11,17H,7H2,1-2H3,(H,14,18)(H,15,16)/t8-,11+/m1/s1. The quantitative estimate of drug-likeness (QED) is 0.773. The highest BCUT2D eigenvalue weighted by atomic mass is 32.2. The van der Waals surface area contributed by atoms with Crippen molar-refractivity contribution in [3.8, 4) is 0 Å². The molecule has 5 nitrogen and oxygen atoms in total. The number of aromatic nitrogens is 2. The molecule has 0 spiro atoms. The highest BCUT2D eigenvalue weighted by Gasteiger charge is 2.19. The van der Waals surface area contributed by atoms with E-state index in [-0.39, 0.29) is 23.8 Å². The van der Waals surface area contributed by atoms with Gasteiger partial charge in [-0.25, -0.2) is 4.98 Å². The van der Waals surface area contributed by atoms with Crippen LogP contribution in [0.3, 0.4) is 0 Å². The zero-order valence-corrected chi connectivity index (χ0v) is 11.7. The topological polar surface area (TPSA) is 78.0 Å². The number of fused-ring (bicyclic) bond motifs is 1. The minimum absolute atomic E-state index is 0.0201. The molecule has 0 aliphatic carbocycles.